The van der Waals surface area contributed by atoms with E-state index in [1.54, 1.807) is 0 Å². The molecule has 1 spiro atoms. The molecule has 4 aliphatic carbocycles. The first-order valence-electron chi connectivity index (χ1n) is 44.7. The molecule has 21 rings (SSSR count). The van der Waals surface area contributed by atoms with E-state index in [0.717, 1.165) is 39.2 Å². The van der Waals surface area contributed by atoms with Crippen molar-refractivity contribution in [2.75, 3.05) is 0 Å². The molecule has 14 aromatic carbocycles. The van der Waals surface area contributed by atoms with E-state index in [-0.39, 0.29) is 133 Å². The van der Waals surface area contributed by atoms with Crippen LogP contribution < -0.4 is 0 Å². The minimum absolute atomic E-state index is 0. The number of nitrogens with zero attached hydrogens (tertiary/aromatic N) is 3. The molecule has 3 radical (unpaired) electrons. The molecule has 4 aliphatic rings. The van der Waals surface area contributed by atoms with E-state index in [1.165, 1.54) is 180 Å². The maximum Gasteiger partial charge on any atom is 0.325 e. The largest absolute Gasteiger partial charge is 0.512 e. The van der Waals surface area contributed by atoms with Crippen molar-refractivity contribution in [3.63, 3.8) is 0 Å². The smallest absolute Gasteiger partial charge is 0.325 e. The van der Waals surface area contributed by atoms with Crippen LogP contribution in [0, 0.1) is 39.9 Å². The van der Waals surface area contributed by atoms with E-state index in [9.17, 15) is 19.8 Å². The zero-order valence-electron chi connectivity index (χ0n) is 78.6. The molecule has 9 nitrogen and oxygen atoms in total. The van der Waals surface area contributed by atoms with Crippen LogP contribution >= 0.6 is 0 Å². The van der Waals surface area contributed by atoms with E-state index < -0.39 is 0 Å². The maximum atomic E-state index is 9.60. The number of hydrogen-bond acceptors (Lipinski definition) is 6. The first kappa shape index (κ1) is 98.2. The van der Waals surface area contributed by atoms with Crippen LogP contribution in [0.5, 0.6) is 0 Å². The van der Waals surface area contributed by atoms with Crippen LogP contribution in [-0.4, -0.2) is 62.0 Å². The van der Waals surface area contributed by atoms with Crippen LogP contribution in [0.15, 0.2) is 339 Å². The number of aliphatic hydroxyl groups is 3. The summed E-state index contributed by atoms with van der Waals surface area (Å²) in [5.41, 5.74) is 25.8. The molecule has 0 amide bonds. The Balaban J connectivity index is 0.000000145. The van der Waals surface area contributed by atoms with Gasteiger partial charge < -0.3 is 30.3 Å². The first-order valence-corrected chi connectivity index (χ1v) is 44.7. The van der Waals surface area contributed by atoms with E-state index in [4.69, 9.17) is 24.9 Å². The average Bonchev–Trinajstić information content (AvgIpc) is 1.51. The minimum atomic E-state index is -0.337. The van der Waals surface area contributed by atoms with E-state index in [2.05, 4.69) is 331 Å². The van der Waals surface area contributed by atoms with Crippen molar-refractivity contribution in [2.45, 2.75) is 141 Å². The van der Waals surface area contributed by atoms with Gasteiger partial charge in [-0.3, -0.25) is 14.4 Å². The van der Waals surface area contributed by atoms with Gasteiger partial charge in [0.1, 0.15) is 11.5 Å². The summed E-state index contributed by atoms with van der Waals surface area (Å²) in [6.07, 6.45) is 9.94. The van der Waals surface area contributed by atoms with Crippen molar-refractivity contribution in [1.29, 1.82) is 0 Å². The van der Waals surface area contributed by atoms with Crippen LogP contribution in [-0.2, 0) is 76.6 Å². The zero-order valence-corrected chi connectivity index (χ0v) is 85.8. The summed E-state index contributed by atoms with van der Waals surface area (Å²) in [6.45, 7) is 35.0. The van der Waals surface area contributed by atoms with Crippen LogP contribution in [0.2, 0.25) is 0 Å². The third kappa shape index (κ3) is 19.0. The molecule has 0 saturated heterocycles. The molecule has 17 aromatic rings. The number of fused-ring (bicyclic) bond motifs is 25. The van der Waals surface area contributed by atoms with E-state index >= 15 is 0 Å². The predicted octanol–water partition coefficient (Wildman–Crippen LogP) is 30.7. The number of benzene rings is 14. The van der Waals surface area contributed by atoms with E-state index in [0.29, 0.717) is 0 Å². The molecule has 0 unspecified atom stereocenters. The summed E-state index contributed by atoms with van der Waals surface area (Å²) in [6, 6.07) is 114. The minimum Gasteiger partial charge on any atom is -0.512 e. The van der Waals surface area contributed by atoms with Gasteiger partial charge in [0.05, 0.1) is 41.7 Å². The Bertz CT molecular complexity index is 7390. The van der Waals surface area contributed by atoms with Gasteiger partial charge in [0, 0.05) is 95.2 Å². The SMILES string of the molecule is CC(=[OH+])C=C(C)O.CC(C)(C)C(=[OH+])C=C(O)C(C)(C)C.CC(C)(C)C(=[OH+])C=C(O)C(C)(C)C.CC1(C)c2c[c-]c(-c3nccc4c3ccc3ccccc34)cc2-c2ccccc21.CC1(C)c2ccccc2-c2c[c-]c(-c3nccc4c3ccc3ccccc34)cc21.[Ir].[Ir].[Ir].[c-]1cc2c(cc1-c1nccc3c1ccc1ccccc13)-c1ccccc1C21c2ccccc2-c2ccccc21. The predicted molar refractivity (Wildman–Crippen MR) is 544 cm³/mol. The molecule has 3 aromatic heterocycles. The Labute approximate surface area is 822 Å². The topological polar surface area (TPSA) is 164 Å². The van der Waals surface area contributed by atoms with Gasteiger partial charge in [-0.25, -0.2) is 0 Å². The fourth-order valence-electron chi connectivity index (χ4n) is 18.6. The number of carbonyl (C=O) groups excluding carboxylic acids is 3. The second kappa shape index (κ2) is 38.7. The van der Waals surface area contributed by atoms with E-state index in [1.807, 2.05) is 102 Å². The Kier molecular flexibility index (Phi) is 28.6. The normalized spacial score (nSPS) is 13.7. The molecule has 3 heterocycles. The Morgan fingerprint density at radius 1 is 0.286 bits per heavy atom. The Morgan fingerprint density at radius 2 is 0.579 bits per heavy atom. The second-order valence-corrected chi connectivity index (χ2v) is 39.6. The fourth-order valence-corrected chi connectivity index (χ4v) is 18.6. The number of aliphatic hydroxyl groups excluding tert-OH is 3. The number of aromatic nitrogens is 3. The molecule has 0 saturated carbocycles. The number of hydrogen-bond donors (Lipinski definition) is 3. The van der Waals surface area contributed by atoms with Gasteiger partial charge in [0.25, 0.3) is 0 Å². The maximum absolute atomic E-state index is 9.60. The molecular weight excluding hydrogens is 2170 g/mol. The molecule has 6 N–H and O–H groups in total. The van der Waals surface area contributed by atoms with Gasteiger partial charge in [-0.15, -0.1) is 88.0 Å². The van der Waals surface area contributed by atoms with Gasteiger partial charge in [0.2, 0.25) is 0 Å². The van der Waals surface area contributed by atoms with Crippen molar-refractivity contribution in [1.82, 2.24) is 15.0 Å². The third-order valence-electron chi connectivity index (χ3n) is 25.8. The summed E-state index contributed by atoms with van der Waals surface area (Å²) in [4.78, 5) is 42.0. The Morgan fingerprint density at radius 3 is 0.925 bits per heavy atom. The Hall–Kier alpha value is -12.3. The van der Waals surface area contributed by atoms with Crippen molar-refractivity contribution in [2.24, 2.45) is 21.7 Å². The molecule has 0 bridgehead atoms. The van der Waals surface area contributed by atoms with Gasteiger partial charge in [-0.05, 0) is 209 Å². The van der Waals surface area contributed by atoms with Gasteiger partial charge in [0.15, 0.2) is 0 Å². The summed E-state index contributed by atoms with van der Waals surface area (Å²) in [7, 11) is 0. The quantitative estimate of drug-likeness (QED) is 0.0493. The standard InChI is InChI=1S/C38H22N.2C28H20N.2C11H20O2.C5H8O2.3Ir/c1-2-10-26-24(9-1)17-19-31-27(26)21-22-39-37(31)25-18-20-36-32(23-25)30-13-5-8-16-35(30)38(36)33-14-6-3-11-28(33)29-12-4-7-15-34(29)38;1-28(2)25-10-6-5-9-22(25)23-13-12-19(17-26(23)28)27-24-14-11-18-7-3-4-8-20(18)21(24)15-16-29-27;1-28(2)25-10-6-5-9-22(25)24-17-19(12-14-26(24)28)27-23-13-11-18-7-3-4-8-20(18)21(23)15-16-29-27;2*1-10(2,3)8(12)7-9(13)11(4,5)6;1-4(6)3-5(2)7;;;/h1-17,19-23H;2*3-11,13-17H,1-2H3;2*7,12H,1-6H3;3,6H,1-2H3;;;/q3*-1;;;;;;/p+3. The van der Waals surface area contributed by atoms with Crippen molar-refractivity contribution < 1.29 is 90.0 Å². The summed E-state index contributed by atoms with van der Waals surface area (Å²) in [5, 5.41) is 42.4. The molecule has 0 fully saturated rings. The third-order valence-corrected chi connectivity index (χ3v) is 25.8. The second-order valence-electron chi connectivity index (χ2n) is 39.6. The fraction of sp³-hybridized carbons (Fsp3) is 0.207. The molecular formula is C121H113Ir3N3O6. The van der Waals surface area contributed by atoms with Gasteiger partial charge >= 0.3 is 17.3 Å². The number of ketones is 3. The monoisotopic (exact) mass is 2280 g/mol. The van der Waals surface area contributed by atoms with Crippen LogP contribution in [0.4, 0.5) is 0 Å². The molecule has 12 heteroatoms. The number of pyridine rings is 3. The molecule has 0 aliphatic heterocycles. The van der Waals surface area contributed by atoms with Crippen molar-refractivity contribution >= 4 is 82.0 Å². The molecule has 133 heavy (non-hydrogen) atoms. The zero-order chi connectivity index (χ0) is 92.3. The summed E-state index contributed by atoms with van der Waals surface area (Å²) in [5.74, 6) is 1.08. The number of allylic oxidation sites excluding steroid dienone is 6. The molecule has 675 valence electrons. The number of rotatable bonds is 6. The summed E-state index contributed by atoms with van der Waals surface area (Å²) < 4.78 is 0. The molecule has 0 atom stereocenters. The van der Waals surface area contributed by atoms with Crippen molar-refractivity contribution in [3.8, 4) is 78.3 Å². The summed E-state index contributed by atoms with van der Waals surface area (Å²) >= 11 is 0. The van der Waals surface area contributed by atoms with Crippen LogP contribution in [0.3, 0.4) is 0 Å². The van der Waals surface area contributed by atoms with Gasteiger partial charge in [-0.2, -0.15) is 0 Å². The van der Waals surface area contributed by atoms with Crippen LogP contribution in [0.25, 0.3) is 143 Å². The average molecular weight is 2280 g/mol. The van der Waals surface area contributed by atoms with Crippen molar-refractivity contribution in [3.05, 3.63) is 402 Å². The first-order chi connectivity index (χ1) is 61.9. The van der Waals surface area contributed by atoms with Crippen LogP contribution in [0.1, 0.15) is 169 Å². The van der Waals surface area contributed by atoms with Gasteiger partial charge in [-0.1, -0.05) is 322 Å².